The molecule has 0 aliphatic rings. The van der Waals surface area contributed by atoms with E-state index in [9.17, 15) is 9.18 Å². The quantitative estimate of drug-likeness (QED) is 0.675. The monoisotopic (exact) mass is 248 g/mol. The maximum absolute atomic E-state index is 14.2. The maximum Gasteiger partial charge on any atom is 0.159 e. The average Bonchev–Trinajstić information content (AvgIpc) is 2.28. The fourth-order valence-electron chi connectivity index (χ4n) is 2.20. The van der Waals surface area contributed by atoms with E-state index < -0.39 is 0 Å². The summed E-state index contributed by atoms with van der Waals surface area (Å²) in [6, 6.07) is 3.13. The van der Waals surface area contributed by atoms with E-state index in [1.165, 1.54) is 13.0 Å². The van der Waals surface area contributed by atoms with Gasteiger partial charge in [0, 0.05) is 11.1 Å². The molecule has 1 aromatic carbocycles. The third-order valence-corrected chi connectivity index (χ3v) is 2.98. The Hall–Kier alpha value is -1.44. The number of benzene rings is 1. The van der Waals surface area contributed by atoms with E-state index in [1.54, 1.807) is 6.07 Å². The van der Waals surface area contributed by atoms with Gasteiger partial charge in [-0.25, -0.2) is 4.39 Å². The Morgan fingerprint density at radius 1 is 1.33 bits per heavy atom. The Morgan fingerprint density at radius 2 is 2.00 bits per heavy atom. The molecular formula is C16H21FO. The zero-order valence-electron chi connectivity index (χ0n) is 11.6. The van der Waals surface area contributed by atoms with Crippen molar-refractivity contribution in [1.29, 1.82) is 0 Å². The minimum atomic E-state index is -0.284. The highest BCUT2D eigenvalue weighted by Crippen LogP contribution is 2.28. The smallest absolute Gasteiger partial charge is 0.159 e. The first-order valence-electron chi connectivity index (χ1n) is 6.51. The first kappa shape index (κ1) is 14.6. The predicted octanol–water partition coefficient (Wildman–Crippen LogP) is 4.93. The Labute approximate surface area is 109 Å². The number of aryl methyl sites for hydroxylation is 1. The molecule has 0 N–H and O–H groups in total. The second kappa shape index (κ2) is 6.48. The van der Waals surface area contributed by atoms with Crippen LogP contribution < -0.4 is 0 Å². The lowest BCUT2D eigenvalue weighted by Crippen LogP contribution is -2.00. The number of Topliss-reactive ketones (excluding diaryl/α,β-unsaturated/α-hetero) is 1. The second-order valence-electron chi connectivity index (χ2n) is 4.59. The first-order chi connectivity index (χ1) is 8.51. The molecule has 0 spiro atoms. The Bertz CT molecular complexity index is 449. The molecule has 1 rings (SSSR count). The molecule has 0 aliphatic carbocycles. The Kier molecular flexibility index (Phi) is 5.26. The molecule has 0 unspecified atom stereocenters. The fourth-order valence-corrected chi connectivity index (χ4v) is 2.20. The SMILES string of the molecule is CC/C=C(\CCC)c1c(C)cc(C(C)=O)cc1F. The highest BCUT2D eigenvalue weighted by molar-refractivity contribution is 5.94. The summed E-state index contributed by atoms with van der Waals surface area (Å²) in [4.78, 5) is 11.3. The van der Waals surface area contributed by atoms with E-state index in [0.717, 1.165) is 30.4 Å². The molecule has 0 atom stereocenters. The van der Waals surface area contributed by atoms with Crippen LogP contribution in [-0.4, -0.2) is 5.78 Å². The molecule has 0 fully saturated rings. The van der Waals surface area contributed by atoms with Crippen molar-refractivity contribution in [3.63, 3.8) is 0 Å². The van der Waals surface area contributed by atoms with Crippen molar-refractivity contribution in [2.24, 2.45) is 0 Å². The van der Waals surface area contributed by atoms with Crippen molar-refractivity contribution in [3.8, 4) is 0 Å². The average molecular weight is 248 g/mol. The fraction of sp³-hybridized carbons (Fsp3) is 0.438. The van der Waals surface area contributed by atoms with Crippen LogP contribution >= 0.6 is 0 Å². The lowest BCUT2D eigenvalue weighted by molar-refractivity contribution is 0.101. The lowest BCUT2D eigenvalue weighted by atomic mass is 9.93. The second-order valence-corrected chi connectivity index (χ2v) is 4.59. The van der Waals surface area contributed by atoms with Gasteiger partial charge in [-0.05, 0) is 50.0 Å². The third kappa shape index (κ3) is 3.28. The van der Waals surface area contributed by atoms with Crippen LogP contribution in [0.5, 0.6) is 0 Å². The molecule has 98 valence electrons. The molecular weight excluding hydrogens is 227 g/mol. The van der Waals surface area contributed by atoms with Gasteiger partial charge in [-0.2, -0.15) is 0 Å². The van der Waals surface area contributed by atoms with Crippen molar-refractivity contribution in [3.05, 3.63) is 40.7 Å². The van der Waals surface area contributed by atoms with E-state index in [0.29, 0.717) is 11.1 Å². The maximum atomic E-state index is 14.2. The normalized spacial score (nSPS) is 11.7. The van der Waals surface area contributed by atoms with Gasteiger partial charge in [0.2, 0.25) is 0 Å². The van der Waals surface area contributed by atoms with Crippen molar-refractivity contribution < 1.29 is 9.18 Å². The summed E-state index contributed by atoms with van der Waals surface area (Å²) in [5, 5.41) is 0. The van der Waals surface area contributed by atoms with Crippen LogP contribution in [0.2, 0.25) is 0 Å². The summed E-state index contributed by atoms with van der Waals surface area (Å²) < 4.78 is 14.2. The van der Waals surface area contributed by atoms with Crippen LogP contribution in [0, 0.1) is 12.7 Å². The van der Waals surface area contributed by atoms with Crippen LogP contribution in [-0.2, 0) is 0 Å². The standard InChI is InChI=1S/C16H21FO/c1-5-7-13(8-6-2)16-11(3)9-14(12(4)18)10-15(16)17/h7,9-10H,5-6,8H2,1-4H3/b13-7+. The van der Waals surface area contributed by atoms with Crippen molar-refractivity contribution >= 4 is 11.4 Å². The Balaban J connectivity index is 3.32. The summed E-state index contributed by atoms with van der Waals surface area (Å²) in [7, 11) is 0. The summed E-state index contributed by atoms with van der Waals surface area (Å²) in [5.74, 6) is -0.381. The van der Waals surface area contributed by atoms with E-state index in [2.05, 4.69) is 13.0 Å². The number of hydrogen-bond donors (Lipinski definition) is 0. The van der Waals surface area contributed by atoms with E-state index >= 15 is 0 Å². The van der Waals surface area contributed by atoms with Crippen LogP contribution in [0.1, 0.15) is 61.5 Å². The highest BCUT2D eigenvalue weighted by Gasteiger charge is 2.13. The van der Waals surface area contributed by atoms with Gasteiger partial charge < -0.3 is 0 Å². The number of carbonyl (C=O) groups is 1. The number of allylic oxidation sites excluding steroid dienone is 2. The van der Waals surface area contributed by atoms with Crippen molar-refractivity contribution in [2.75, 3.05) is 0 Å². The zero-order chi connectivity index (χ0) is 13.7. The van der Waals surface area contributed by atoms with Crippen LogP contribution in [0.15, 0.2) is 18.2 Å². The molecule has 0 saturated heterocycles. The van der Waals surface area contributed by atoms with Gasteiger partial charge in [0.05, 0.1) is 0 Å². The van der Waals surface area contributed by atoms with Gasteiger partial charge in [-0.1, -0.05) is 26.3 Å². The van der Waals surface area contributed by atoms with E-state index in [-0.39, 0.29) is 11.6 Å². The van der Waals surface area contributed by atoms with Crippen LogP contribution in [0.3, 0.4) is 0 Å². The van der Waals surface area contributed by atoms with Gasteiger partial charge in [0.15, 0.2) is 5.78 Å². The molecule has 0 amide bonds. The van der Waals surface area contributed by atoms with E-state index in [1.807, 2.05) is 13.8 Å². The van der Waals surface area contributed by atoms with Gasteiger partial charge in [0.1, 0.15) is 5.82 Å². The van der Waals surface area contributed by atoms with Gasteiger partial charge in [0.25, 0.3) is 0 Å². The molecule has 2 heteroatoms. The molecule has 0 heterocycles. The molecule has 0 bridgehead atoms. The first-order valence-corrected chi connectivity index (χ1v) is 6.51. The predicted molar refractivity (Wildman–Crippen MR) is 74.3 cm³/mol. The molecule has 0 aliphatic heterocycles. The van der Waals surface area contributed by atoms with Gasteiger partial charge >= 0.3 is 0 Å². The van der Waals surface area contributed by atoms with E-state index in [4.69, 9.17) is 0 Å². The van der Waals surface area contributed by atoms with Crippen LogP contribution in [0.4, 0.5) is 4.39 Å². The highest BCUT2D eigenvalue weighted by atomic mass is 19.1. The van der Waals surface area contributed by atoms with Gasteiger partial charge in [-0.3, -0.25) is 4.79 Å². The number of rotatable bonds is 5. The molecule has 0 saturated carbocycles. The minimum Gasteiger partial charge on any atom is -0.295 e. The summed E-state index contributed by atoms with van der Waals surface area (Å²) in [5.41, 5.74) is 3.00. The van der Waals surface area contributed by atoms with Crippen molar-refractivity contribution in [1.82, 2.24) is 0 Å². The lowest BCUT2D eigenvalue weighted by Gasteiger charge is -2.13. The number of halogens is 1. The molecule has 18 heavy (non-hydrogen) atoms. The third-order valence-electron chi connectivity index (χ3n) is 2.98. The molecule has 0 aromatic heterocycles. The minimum absolute atomic E-state index is 0.0972. The Morgan fingerprint density at radius 3 is 2.44 bits per heavy atom. The number of ketones is 1. The van der Waals surface area contributed by atoms with Crippen LogP contribution in [0.25, 0.3) is 5.57 Å². The summed E-state index contributed by atoms with van der Waals surface area (Å²) in [6.07, 6.45) is 4.81. The number of hydrogen-bond acceptors (Lipinski definition) is 1. The zero-order valence-corrected chi connectivity index (χ0v) is 11.6. The molecule has 1 aromatic rings. The molecule has 1 nitrogen and oxygen atoms in total. The van der Waals surface area contributed by atoms with Crippen molar-refractivity contribution in [2.45, 2.75) is 47.0 Å². The summed E-state index contributed by atoms with van der Waals surface area (Å²) in [6.45, 7) is 7.46. The largest absolute Gasteiger partial charge is 0.295 e. The topological polar surface area (TPSA) is 17.1 Å². The van der Waals surface area contributed by atoms with Gasteiger partial charge in [-0.15, -0.1) is 0 Å². The summed E-state index contributed by atoms with van der Waals surface area (Å²) >= 11 is 0. The number of carbonyl (C=O) groups excluding carboxylic acids is 1. The molecule has 0 radical (unpaired) electrons.